The van der Waals surface area contributed by atoms with Crippen LogP contribution in [0.1, 0.15) is 51.4 Å². The summed E-state index contributed by atoms with van der Waals surface area (Å²) >= 11 is 0. The minimum Gasteiger partial charge on any atom is -0.394 e. The Morgan fingerprint density at radius 2 is 1.79 bits per heavy atom. The first-order valence-electron chi connectivity index (χ1n) is 10.2. The van der Waals surface area contributed by atoms with Gasteiger partial charge in [0.05, 0.1) is 36.2 Å². The Bertz CT molecular complexity index is 781. The van der Waals surface area contributed by atoms with Crippen molar-refractivity contribution in [1.82, 2.24) is 10.0 Å². The predicted octanol–water partition coefficient (Wildman–Crippen LogP) is 1.85. The zero-order valence-electron chi connectivity index (χ0n) is 16.3. The first-order chi connectivity index (χ1) is 13.9. The van der Waals surface area contributed by atoms with E-state index in [-0.39, 0.29) is 36.0 Å². The molecular weight excluding hydrogens is 399 g/mol. The number of aliphatic hydroxyl groups is 1. The molecule has 1 saturated heterocycles. The van der Waals surface area contributed by atoms with E-state index in [0.29, 0.717) is 12.8 Å². The average molecular weight is 429 g/mol. The highest BCUT2D eigenvalue weighted by molar-refractivity contribution is 7.89. The Morgan fingerprint density at radius 1 is 1.10 bits per heavy atom. The van der Waals surface area contributed by atoms with Crippen LogP contribution < -0.4 is 10.0 Å². The molecule has 1 saturated carbocycles. The normalized spacial score (nSPS) is 26.2. The van der Waals surface area contributed by atoms with Crippen LogP contribution in [0.2, 0.25) is 0 Å². The molecule has 7 nitrogen and oxygen atoms in total. The summed E-state index contributed by atoms with van der Waals surface area (Å²) in [7, 11) is -3.87. The molecule has 0 bridgehead atoms. The number of rotatable bonds is 7. The number of benzene rings is 1. The van der Waals surface area contributed by atoms with Crippen LogP contribution in [0.15, 0.2) is 29.2 Å². The number of aliphatic hydroxyl groups excluding tert-OH is 1. The zero-order chi connectivity index (χ0) is 20.9. The molecule has 9 heteroatoms. The number of hydrogen-bond acceptors (Lipinski definition) is 5. The van der Waals surface area contributed by atoms with Crippen LogP contribution in [0.3, 0.4) is 0 Å². The molecule has 0 aromatic heterocycles. The van der Waals surface area contributed by atoms with E-state index in [0.717, 1.165) is 37.8 Å². The molecule has 29 heavy (non-hydrogen) atoms. The molecule has 0 radical (unpaired) electrons. The topological polar surface area (TPSA) is 105 Å². The van der Waals surface area contributed by atoms with Gasteiger partial charge in [0.15, 0.2) is 0 Å². The van der Waals surface area contributed by atoms with Crippen molar-refractivity contribution in [2.45, 2.75) is 80.6 Å². The molecule has 2 fully saturated rings. The van der Waals surface area contributed by atoms with E-state index in [1.54, 1.807) is 0 Å². The molecule has 1 aliphatic heterocycles. The number of sulfonamides is 1. The van der Waals surface area contributed by atoms with Gasteiger partial charge in [-0.3, -0.25) is 4.79 Å². The van der Waals surface area contributed by atoms with E-state index in [9.17, 15) is 22.7 Å². The second kappa shape index (κ2) is 9.97. The third-order valence-electron chi connectivity index (χ3n) is 5.61. The van der Waals surface area contributed by atoms with Gasteiger partial charge in [-0.1, -0.05) is 19.3 Å². The van der Waals surface area contributed by atoms with Crippen LogP contribution in [0.25, 0.3) is 0 Å². The number of amides is 1. The average Bonchev–Trinajstić information content (AvgIpc) is 2.70. The molecule has 0 unspecified atom stereocenters. The number of carbonyl (C=O) groups excluding carboxylic acids is 1. The molecule has 3 N–H and O–H groups in total. The van der Waals surface area contributed by atoms with E-state index in [4.69, 9.17) is 4.74 Å². The molecule has 2 aliphatic rings. The highest BCUT2D eigenvalue weighted by Gasteiger charge is 2.35. The zero-order valence-corrected chi connectivity index (χ0v) is 17.2. The van der Waals surface area contributed by atoms with Crippen molar-refractivity contribution < 1.29 is 27.4 Å². The molecule has 1 aromatic carbocycles. The summed E-state index contributed by atoms with van der Waals surface area (Å²) in [6.45, 7) is -0.364. The standard InChI is InChI=1S/C20H29FN2O5S/c21-14-6-9-17(10-7-14)29(26,27)23-18-11-8-16(28-19(18)13-24)12-20(25)22-15-4-2-1-3-5-15/h6-7,9-10,15-16,18-19,23-24H,1-5,8,11-13H2,(H,22,25)/t16-,18-,19-/m0/s1. The van der Waals surface area contributed by atoms with E-state index >= 15 is 0 Å². The van der Waals surface area contributed by atoms with Gasteiger partial charge in [0.1, 0.15) is 5.82 Å². The Balaban J connectivity index is 1.53. The summed E-state index contributed by atoms with van der Waals surface area (Å²) in [4.78, 5) is 12.3. The second-order valence-electron chi connectivity index (χ2n) is 7.84. The van der Waals surface area contributed by atoms with Crippen LogP contribution in [0, 0.1) is 5.82 Å². The van der Waals surface area contributed by atoms with Gasteiger partial charge in [-0.15, -0.1) is 0 Å². The third-order valence-corrected chi connectivity index (χ3v) is 7.12. The Morgan fingerprint density at radius 3 is 2.45 bits per heavy atom. The highest BCUT2D eigenvalue weighted by Crippen LogP contribution is 2.24. The largest absolute Gasteiger partial charge is 0.394 e. The number of hydrogen-bond donors (Lipinski definition) is 3. The van der Waals surface area contributed by atoms with Crippen molar-refractivity contribution in [3.8, 4) is 0 Å². The lowest BCUT2D eigenvalue weighted by Crippen LogP contribution is -2.51. The minimum atomic E-state index is -3.87. The highest BCUT2D eigenvalue weighted by atomic mass is 32.2. The van der Waals surface area contributed by atoms with Crippen LogP contribution in [-0.4, -0.2) is 50.3 Å². The molecule has 162 valence electrons. The quantitative estimate of drug-likeness (QED) is 0.615. The fourth-order valence-electron chi connectivity index (χ4n) is 4.04. The van der Waals surface area contributed by atoms with E-state index in [1.807, 2.05) is 0 Å². The maximum atomic E-state index is 13.0. The fourth-order valence-corrected chi connectivity index (χ4v) is 5.34. The van der Waals surface area contributed by atoms with E-state index < -0.39 is 28.0 Å². The monoisotopic (exact) mass is 428 g/mol. The molecule has 3 atom stereocenters. The summed E-state index contributed by atoms with van der Waals surface area (Å²) < 4.78 is 46.4. The lowest BCUT2D eigenvalue weighted by Gasteiger charge is -2.36. The maximum absolute atomic E-state index is 13.0. The molecule has 0 spiro atoms. The Labute approximate surface area is 171 Å². The van der Waals surface area contributed by atoms with Crippen LogP contribution in [0.5, 0.6) is 0 Å². The van der Waals surface area contributed by atoms with Crippen molar-refractivity contribution in [3.05, 3.63) is 30.1 Å². The first kappa shape index (κ1) is 22.1. The van der Waals surface area contributed by atoms with Gasteiger partial charge in [-0.2, -0.15) is 0 Å². The lowest BCUT2D eigenvalue weighted by molar-refractivity contribution is -0.131. The van der Waals surface area contributed by atoms with Crippen LogP contribution in [-0.2, 0) is 19.6 Å². The maximum Gasteiger partial charge on any atom is 0.240 e. The summed E-state index contributed by atoms with van der Waals surface area (Å²) in [6, 6.07) is 4.14. The van der Waals surface area contributed by atoms with Crippen molar-refractivity contribution in [2.75, 3.05) is 6.61 Å². The molecule has 1 aliphatic carbocycles. The van der Waals surface area contributed by atoms with Gasteiger partial charge in [0, 0.05) is 6.04 Å². The first-order valence-corrected chi connectivity index (χ1v) is 11.7. The van der Waals surface area contributed by atoms with Crippen molar-refractivity contribution in [1.29, 1.82) is 0 Å². The summed E-state index contributed by atoms with van der Waals surface area (Å²) in [5.74, 6) is -0.587. The molecule has 3 rings (SSSR count). The SMILES string of the molecule is O=C(C[C@@H]1CC[C@H](NS(=O)(=O)c2ccc(F)cc2)[C@H](CO)O1)NC1CCCCC1. The minimum absolute atomic E-state index is 0.0513. The number of carbonyl (C=O) groups is 1. The van der Waals surface area contributed by atoms with Crippen molar-refractivity contribution in [2.24, 2.45) is 0 Å². The summed E-state index contributed by atoms with van der Waals surface area (Å²) in [5, 5.41) is 12.7. The van der Waals surface area contributed by atoms with Crippen LogP contribution >= 0.6 is 0 Å². The van der Waals surface area contributed by atoms with Gasteiger partial charge in [0.25, 0.3) is 0 Å². The smallest absolute Gasteiger partial charge is 0.240 e. The van der Waals surface area contributed by atoms with Gasteiger partial charge >= 0.3 is 0 Å². The van der Waals surface area contributed by atoms with Gasteiger partial charge < -0.3 is 15.2 Å². The summed E-state index contributed by atoms with van der Waals surface area (Å²) in [6.07, 6.45) is 5.52. The van der Waals surface area contributed by atoms with Gasteiger partial charge in [-0.25, -0.2) is 17.5 Å². The molecule has 1 amide bonds. The number of nitrogens with one attached hydrogen (secondary N) is 2. The van der Waals surface area contributed by atoms with E-state index in [2.05, 4.69) is 10.0 Å². The number of halogens is 1. The Kier molecular flexibility index (Phi) is 7.61. The van der Waals surface area contributed by atoms with Gasteiger partial charge in [0.2, 0.25) is 15.9 Å². The summed E-state index contributed by atoms with van der Waals surface area (Å²) in [5.41, 5.74) is 0. The number of ether oxygens (including phenoxy) is 1. The molecule has 1 heterocycles. The third kappa shape index (κ3) is 6.21. The fraction of sp³-hybridized carbons (Fsp3) is 0.650. The van der Waals surface area contributed by atoms with E-state index in [1.165, 1.54) is 18.6 Å². The molecule has 1 aromatic rings. The molecular formula is C20H29FN2O5S. The Hall–Kier alpha value is -1.55. The van der Waals surface area contributed by atoms with Crippen molar-refractivity contribution in [3.63, 3.8) is 0 Å². The van der Waals surface area contributed by atoms with Crippen LogP contribution in [0.4, 0.5) is 4.39 Å². The van der Waals surface area contributed by atoms with Crippen molar-refractivity contribution >= 4 is 15.9 Å². The predicted molar refractivity (Wildman–Crippen MR) is 105 cm³/mol. The van der Waals surface area contributed by atoms with Gasteiger partial charge in [-0.05, 0) is 49.9 Å². The second-order valence-corrected chi connectivity index (χ2v) is 9.56. The lowest BCUT2D eigenvalue weighted by atomic mass is 9.94.